The lowest BCUT2D eigenvalue weighted by molar-refractivity contribution is -0.384. The molecule has 0 radical (unpaired) electrons. The first-order valence-corrected chi connectivity index (χ1v) is 7.99. The second-order valence-electron chi connectivity index (χ2n) is 5.32. The van der Waals surface area contributed by atoms with Crippen LogP contribution in [0, 0.1) is 25.4 Å². The molecule has 0 amide bonds. The van der Waals surface area contributed by atoms with E-state index in [4.69, 9.17) is 0 Å². The van der Waals surface area contributed by atoms with Crippen molar-refractivity contribution in [1.29, 1.82) is 0 Å². The van der Waals surface area contributed by atoms with Crippen molar-refractivity contribution in [3.05, 3.63) is 31.6 Å². The van der Waals surface area contributed by atoms with Crippen molar-refractivity contribution in [2.45, 2.75) is 45.1 Å². The Labute approximate surface area is 131 Å². The summed E-state index contributed by atoms with van der Waals surface area (Å²) >= 11 is 1.77. The third-order valence-electron chi connectivity index (χ3n) is 3.96. The van der Waals surface area contributed by atoms with Crippen molar-refractivity contribution in [3.8, 4) is 0 Å². The van der Waals surface area contributed by atoms with Crippen LogP contribution in [-0.4, -0.2) is 11.0 Å². The maximum Gasteiger partial charge on any atom is 0.293 e. The van der Waals surface area contributed by atoms with Crippen LogP contribution in [0.1, 0.15) is 39.0 Å². The van der Waals surface area contributed by atoms with Gasteiger partial charge in [0.05, 0.1) is 8.49 Å². The molecular formula is C14H18FIN2O2. The molecule has 6 heteroatoms. The molecule has 0 spiro atoms. The molecule has 4 nitrogen and oxygen atoms in total. The first-order valence-electron chi connectivity index (χ1n) is 6.91. The van der Waals surface area contributed by atoms with Crippen LogP contribution in [0.2, 0.25) is 0 Å². The Morgan fingerprint density at radius 1 is 1.50 bits per heavy atom. The van der Waals surface area contributed by atoms with E-state index in [2.05, 4.69) is 12.2 Å². The number of hydrogen-bond acceptors (Lipinski definition) is 3. The van der Waals surface area contributed by atoms with Gasteiger partial charge >= 0.3 is 0 Å². The Morgan fingerprint density at radius 2 is 2.25 bits per heavy atom. The zero-order valence-corrected chi connectivity index (χ0v) is 13.5. The van der Waals surface area contributed by atoms with Gasteiger partial charge in [-0.05, 0) is 41.4 Å². The molecule has 1 N–H and O–H groups in total. The second kappa shape index (κ2) is 6.69. The number of anilines is 1. The van der Waals surface area contributed by atoms with Crippen LogP contribution in [0.4, 0.5) is 15.8 Å². The number of nitro groups is 1. The van der Waals surface area contributed by atoms with Gasteiger partial charge in [-0.1, -0.05) is 26.2 Å². The summed E-state index contributed by atoms with van der Waals surface area (Å²) in [5, 5.41) is 14.3. The Bertz CT molecular complexity index is 510. The minimum Gasteiger partial charge on any atom is -0.377 e. The van der Waals surface area contributed by atoms with Gasteiger partial charge in [0.25, 0.3) is 5.69 Å². The van der Waals surface area contributed by atoms with Gasteiger partial charge < -0.3 is 5.32 Å². The molecule has 1 saturated carbocycles. The summed E-state index contributed by atoms with van der Waals surface area (Å²) in [6, 6.07) is 2.74. The van der Waals surface area contributed by atoms with Gasteiger partial charge in [0.2, 0.25) is 0 Å². The van der Waals surface area contributed by atoms with Crippen molar-refractivity contribution >= 4 is 34.0 Å². The molecular weight excluding hydrogens is 374 g/mol. The number of rotatable bonds is 4. The van der Waals surface area contributed by atoms with Crippen LogP contribution in [0.25, 0.3) is 0 Å². The molecule has 1 aliphatic rings. The summed E-state index contributed by atoms with van der Waals surface area (Å²) < 4.78 is 13.9. The number of nitrogens with one attached hydrogen (secondary N) is 1. The average molecular weight is 392 g/mol. The standard InChI is InChI=1S/C14H18FIN2O2/c1-2-9-4-3-5-10(6-9)17-13-7-11(15)12(16)8-14(13)18(19)20/h7-10,17H,2-6H2,1H3. The fraction of sp³-hybridized carbons (Fsp3) is 0.571. The maximum absolute atomic E-state index is 13.6. The molecule has 0 aromatic heterocycles. The number of hydrogen-bond donors (Lipinski definition) is 1. The highest BCUT2D eigenvalue weighted by Gasteiger charge is 2.24. The smallest absolute Gasteiger partial charge is 0.293 e. The molecule has 0 saturated heterocycles. The molecule has 2 rings (SSSR count). The lowest BCUT2D eigenvalue weighted by Crippen LogP contribution is -2.27. The summed E-state index contributed by atoms with van der Waals surface area (Å²) in [5.74, 6) is 0.246. The fourth-order valence-electron chi connectivity index (χ4n) is 2.82. The topological polar surface area (TPSA) is 55.2 Å². The SMILES string of the molecule is CCC1CCCC(Nc2cc(F)c(I)cc2[N+](=O)[O-])C1. The molecule has 0 heterocycles. The van der Waals surface area contributed by atoms with Gasteiger partial charge in [-0.2, -0.15) is 0 Å². The second-order valence-corrected chi connectivity index (χ2v) is 6.48. The minimum atomic E-state index is -0.454. The van der Waals surface area contributed by atoms with E-state index in [0.717, 1.165) is 25.7 Å². The Kier molecular flexibility index (Phi) is 5.17. The van der Waals surface area contributed by atoms with Crippen LogP contribution >= 0.6 is 22.6 Å². The summed E-state index contributed by atoms with van der Waals surface area (Å²) in [5.41, 5.74) is 0.254. The predicted molar refractivity (Wildman–Crippen MR) is 85.4 cm³/mol. The third-order valence-corrected chi connectivity index (χ3v) is 4.78. The van der Waals surface area contributed by atoms with Crippen LogP contribution in [0.5, 0.6) is 0 Å². The van der Waals surface area contributed by atoms with E-state index in [0.29, 0.717) is 11.6 Å². The van der Waals surface area contributed by atoms with Crippen molar-refractivity contribution < 1.29 is 9.31 Å². The molecule has 1 aromatic carbocycles. The van der Waals surface area contributed by atoms with E-state index in [1.54, 1.807) is 22.6 Å². The number of halogens is 2. The van der Waals surface area contributed by atoms with Crippen molar-refractivity contribution in [1.82, 2.24) is 0 Å². The first-order chi connectivity index (χ1) is 9.51. The quantitative estimate of drug-likeness (QED) is 0.458. The Hall–Kier alpha value is -0.920. The molecule has 2 atom stereocenters. The number of nitro benzene ring substituents is 1. The predicted octanol–water partition coefficient (Wildman–Crippen LogP) is 4.72. The zero-order chi connectivity index (χ0) is 14.7. The van der Waals surface area contributed by atoms with E-state index in [1.165, 1.54) is 18.6 Å². The van der Waals surface area contributed by atoms with E-state index in [9.17, 15) is 14.5 Å². The summed E-state index contributed by atoms with van der Waals surface area (Å²) in [6.07, 6.45) is 5.46. The van der Waals surface area contributed by atoms with Gasteiger partial charge in [0.15, 0.2) is 0 Å². The molecule has 110 valence electrons. The first kappa shape index (κ1) is 15.5. The fourth-order valence-corrected chi connectivity index (χ4v) is 3.27. The average Bonchev–Trinajstić information content (AvgIpc) is 2.42. The molecule has 2 unspecified atom stereocenters. The van der Waals surface area contributed by atoms with E-state index < -0.39 is 10.7 Å². The van der Waals surface area contributed by atoms with Crippen LogP contribution < -0.4 is 5.32 Å². The summed E-state index contributed by atoms with van der Waals surface area (Å²) in [4.78, 5) is 10.6. The third kappa shape index (κ3) is 3.59. The maximum atomic E-state index is 13.6. The zero-order valence-electron chi connectivity index (χ0n) is 11.4. The van der Waals surface area contributed by atoms with Gasteiger partial charge in [0.1, 0.15) is 11.5 Å². The summed E-state index contributed by atoms with van der Waals surface area (Å²) in [6.45, 7) is 2.17. The van der Waals surface area contributed by atoms with Gasteiger partial charge in [0, 0.05) is 18.2 Å². The largest absolute Gasteiger partial charge is 0.377 e. The molecule has 1 aliphatic carbocycles. The highest BCUT2D eigenvalue weighted by Crippen LogP contribution is 2.33. The van der Waals surface area contributed by atoms with E-state index >= 15 is 0 Å². The molecule has 0 bridgehead atoms. The molecule has 0 aliphatic heterocycles. The van der Waals surface area contributed by atoms with Gasteiger partial charge in [-0.15, -0.1) is 0 Å². The van der Waals surface area contributed by atoms with Crippen LogP contribution in [0.3, 0.4) is 0 Å². The normalized spacial score (nSPS) is 22.6. The molecule has 1 fully saturated rings. The Balaban J connectivity index is 2.19. The van der Waals surface area contributed by atoms with Crippen molar-refractivity contribution in [2.75, 3.05) is 5.32 Å². The van der Waals surface area contributed by atoms with Crippen LogP contribution in [0.15, 0.2) is 12.1 Å². The van der Waals surface area contributed by atoms with Crippen LogP contribution in [-0.2, 0) is 0 Å². The lowest BCUT2D eigenvalue weighted by Gasteiger charge is -2.29. The van der Waals surface area contributed by atoms with E-state index in [1.807, 2.05) is 0 Å². The summed E-state index contributed by atoms with van der Waals surface area (Å²) in [7, 11) is 0. The highest BCUT2D eigenvalue weighted by molar-refractivity contribution is 14.1. The van der Waals surface area contributed by atoms with Crippen molar-refractivity contribution in [2.24, 2.45) is 5.92 Å². The molecule has 20 heavy (non-hydrogen) atoms. The highest BCUT2D eigenvalue weighted by atomic mass is 127. The monoisotopic (exact) mass is 392 g/mol. The van der Waals surface area contributed by atoms with Crippen molar-refractivity contribution in [3.63, 3.8) is 0 Å². The minimum absolute atomic E-state index is 0.0468. The van der Waals surface area contributed by atoms with Gasteiger partial charge in [-0.3, -0.25) is 10.1 Å². The number of nitrogens with zero attached hydrogens (tertiary/aromatic N) is 1. The lowest BCUT2D eigenvalue weighted by atomic mass is 9.84. The number of benzene rings is 1. The van der Waals surface area contributed by atoms with E-state index in [-0.39, 0.29) is 15.3 Å². The van der Waals surface area contributed by atoms with Gasteiger partial charge in [-0.25, -0.2) is 4.39 Å². The Morgan fingerprint density at radius 3 is 2.90 bits per heavy atom. The molecule has 1 aromatic rings.